The summed E-state index contributed by atoms with van der Waals surface area (Å²) in [7, 11) is 1.55. The van der Waals surface area contributed by atoms with Gasteiger partial charge in [-0.2, -0.15) is 5.26 Å². The topological polar surface area (TPSA) is 75.0 Å². The van der Waals surface area contributed by atoms with Crippen molar-refractivity contribution in [3.05, 3.63) is 95.5 Å². The number of aromatic nitrogens is 1. The van der Waals surface area contributed by atoms with Gasteiger partial charge >= 0.3 is 0 Å². The first-order valence-electron chi connectivity index (χ1n) is 10.4. The second-order valence-electron chi connectivity index (χ2n) is 7.26. The lowest BCUT2D eigenvalue weighted by Gasteiger charge is -2.13. The highest BCUT2D eigenvalue weighted by molar-refractivity contribution is 8.00. The molecule has 34 heavy (non-hydrogen) atoms. The number of amides is 1. The Bertz CT molecular complexity index is 1350. The number of nitrogens with one attached hydrogen (secondary N) is 1. The number of nitriles is 1. The van der Waals surface area contributed by atoms with Crippen molar-refractivity contribution in [3.63, 3.8) is 0 Å². The van der Waals surface area contributed by atoms with Gasteiger partial charge in [0, 0.05) is 16.1 Å². The lowest BCUT2D eigenvalue weighted by molar-refractivity contribution is -0.113. The summed E-state index contributed by atoms with van der Waals surface area (Å²) in [5, 5.41) is 14.0. The number of nitrogens with zero attached hydrogens (tertiary/aromatic N) is 2. The minimum Gasteiger partial charge on any atom is -0.495 e. The molecule has 0 saturated heterocycles. The molecule has 0 unspecified atom stereocenters. The van der Waals surface area contributed by atoms with Gasteiger partial charge in [-0.3, -0.25) is 4.79 Å². The maximum atomic E-state index is 12.7. The van der Waals surface area contributed by atoms with Crippen LogP contribution in [0.15, 0.2) is 90.0 Å². The number of hydrogen-bond acceptors (Lipinski definition) is 5. The average molecular weight is 486 g/mol. The number of halogens is 1. The van der Waals surface area contributed by atoms with E-state index in [0.29, 0.717) is 27.0 Å². The number of thioether (sulfide) groups is 1. The quantitative estimate of drug-likeness (QED) is 0.295. The van der Waals surface area contributed by atoms with Crippen LogP contribution in [0.1, 0.15) is 5.56 Å². The van der Waals surface area contributed by atoms with Crippen molar-refractivity contribution in [3.8, 4) is 34.2 Å². The summed E-state index contributed by atoms with van der Waals surface area (Å²) in [6.07, 6.45) is 0. The van der Waals surface area contributed by atoms with Crippen LogP contribution < -0.4 is 10.1 Å². The van der Waals surface area contributed by atoms with Gasteiger partial charge in [0.2, 0.25) is 5.91 Å². The molecular formula is C27H20ClN3O2S. The number of benzene rings is 3. The Morgan fingerprint density at radius 3 is 2.44 bits per heavy atom. The molecule has 0 saturated carbocycles. The molecule has 1 amide bonds. The molecule has 168 valence electrons. The summed E-state index contributed by atoms with van der Waals surface area (Å²) in [6.45, 7) is 0. The number of rotatable bonds is 7. The fourth-order valence-electron chi connectivity index (χ4n) is 3.42. The Labute approximate surface area is 207 Å². The van der Waals surface area contributed by atoms with Gasteiger partial charge in [0.15, 0.2) is 0 Å². The standard InChI is InChI=1S/C27H20ClN3O2S/c1-33-25-10-6-5-9-23(25)30-26(32)17-34-27-22(16-29)21(18-11-13-20(28)14-12-18)15-24(31-27)19-7-3-2-4-8-19/h2-15H,17H2,1H3,(H,30,32). The number of ether oxygens (including phenoxy) is 1. The zero-order valence-electron chi connectivity index (χ0n) is 18.3. The normalized spacial score (nSPS) is 10.4. The number of carbonyl (C=O) groups excluding carboxylic acids is 1. The lowest BCUT2D eigenvalue weighted by Crippen LogP contribution is -2.15. The van der Waals surface area contributed by atoms with Gasteiger partial charge in [-0.25, -0.2) is 4.98 Å². The van der Waals surface area contributed by atoms with Crippen LogP contribution in [0.5, 0.6) is 5.75 Å². The molecule has 3 aromatic carbocycles. The molecule has 0 radical (unpaired) electrons. The third-order valence-electron chi connectivity index (χ3n) is 5.04. The van der Waals surface area contributed by atoms with Gasteiger partial charge in [-0.1, -0.05) is 78.0 Å². The van der Waals surface area contributed by atoms with Gasteiger partial charge in [-0.05, 0) is 35.9 Å². The van der Waals surface area contributed by atoms with E-state index in [-0.39, 0.29) is 11.7 Å². The molecule has 0 aliphatic heterocycles. The fourth-order valence-corrected chi connectivity index (χ4v) is 4.34. The highest BCUT2D eigenvalue weighted by Gasteiger charge is 2.17. The zero-order chi connectivity index (χ0) is 23.9. The van der Waals surface area contributed by atoms with Gasteiger partial charge in [0.25, 0.3) is 0 Å². The Kier molecular flexibility index (Phi) is 7.48. The Hall–Kier alpha value is -3.79. The van der Waals surface area contributed by atoms with E-state index in [4.69, 9.17) is 21.3 Å². The van der Waals surface area contributed by atoms with Gasteiger partial charge in [-0.15, -0.1) is 0 Å². The maximum Gasteiger partial charge on any atom is 0.234 e. The van der Waals surface area contributed by atoms with Crippen LogP contribution in [0.3, 0.4) is 0 Å². The predicted octanol–water partition coefficient (Wildman–Crippen LogP) is 6.68. The van der Waals surface area contributed by atoms with E-state index in [1.165, 1.54) is 11.8 Å². The number of anilines is 1. The first-order valence-corrected chi connectivity index (χ1v) is 11.8. The van der Waals surface area contributed by atoms with Gasteiger partial charge in [0.1, 0.15) is 16.8 Å². The van der Waals surface area contributed by atoms with Crippen LogP contribution in [0.4, 0.5) is 5.69 Å². The van der Waals surface area contributed by atoms with E-state index in [1.54, 1.807) is 31.4 Å². The number of pyridine rings is 1. The third-order valence-corrected chi connectivity index (χ3v) is 6.27. The molecule has 0 aliphatic carbocycles. The van der Waals surface area contributed by atoms with Crippen LogP contribution in [0, 0.1) is 11.3 Å². The number of para-hydroxylation sites is 2. The molecule has 0 bridgehead atoms. The predicted molar refractivity (Wildman–Crippen MR) is 137 cm³/mol. The van der Waals surface area contributed by atoms with Crippen molar-refractivity contribution in [1.82, 2.24) is 4.98 Å². The molecule has 5 nitrogen and oxygen atoms in total. The van der Waals surface area contributed by atoms with Crippen LogP contribution >= 0.6 is 23.4 Å². The first kappa shape index (κ1) is 23.4. The Balaban J connectivity index is 1.68. The minimum absolute atomic E-state index is 0.0814. The maximum absolute atomic E-state index is 12.7. The first-order chi connectivity index (χ1) is 16.6. The van der Waals surface area contributed by atoms with Gasteiger partial charge in [0.05, 0.1) is 29.8 Å². The summed E-state index contributed by atoms with van der Waals surface area (Å²) < 4.78 is 5.30. The molecule has 0 spiro atoms. The van der Waals surface area contributed by atoms with E-state index in [0.717, 1.165) is 22.4 Å². The van der Waals surface area contributed by atoms with Crippen LogP contribution in [0.25, 0.3) is 22.4 Å². The summed E-state index contributed by atoms with van der Waals surface area (Å²) in [5.41, 5.74) is 4.22. The molecule has 0 fully saturated rings. The molecule has 0 aliphatic rings. The molecule has 1 aromatic heterocycles. The third kappa shape index (κ3) is 5.40. The van der Waals surface area contributed by atoms with Crippen molar-refractivity contribution in [2.75, 3.05) is 18.2 Å². The Morgan fingerprint density at radius 2 is 1.74 bits per heavy atom. The van der Waals surface area contributed by atoms with E-state index in [9.17, 15) is 10.1 Å². The highest BCUT2D eigenvalue weighted by Crippen LogP contribution is 2.35. The summed E-state index contributed by atoms with van der Waals surface area (Å²) in [5.74, 6) is 0.434. The molecule has 1 heterocycles. The van der Waals surface area contributed by atoms with E-state index in [1.807, 2.05) is 60.7 Å². The van der Waals surface area contributed by atoms with E-state index >= 15 is 0 Å². The molecular weight excluding hydrogens is 466 g/mol. The van der Waals surface area contributed by atoms with Crippen LogP contribution in [-0.4, -0.2) is 23.8 Å². The van der Waals surface area contributed by atoms with Crippen LogP contribution in [-0.2, 0) is 4.79 Å². The SMILES string of the molecule is COc1ccccc1NC(=O)CSc1nc(-c2ccccc2)cc(-c2ccc(Cl)cc2)c1C#N. The monoisotopic (exact) mass is 485 g/mol. The van der Waals surface area contributed by atoms with Crippen molar-refractivity contribution < 1.29 is 9.53 Å². The molecule has 4 aromatic rings. The number of carbonyl (C=O) groups is 1. The minimum atomic E-state index is -0.224. The van der Waals surface area contributed by atoms with Crippen molar-refractivity contribution in [2.24, 2.45) is 0 Å². The highest BCUT2D eigenvalue weighted by atomic mass is 35.5. The van der Waals surface area contributed by atoms with Gasteiger partial charge < -0.3 is 10.1 Å². The fraction of sp³-hybridized carbons (Fsp3) is 0.0741. The van der Waals surface area contributed by atoms with Crippen molar-refractivity contribution in [2.45, 2.75) is 5.03 Å². The average Bonchev–Trinajstić information content (AvgIpc) is 2.88. The lowest BCUT2D eigenvalue weighted by atomic mass is 9.99. The number of hydrogen-bond donors (Lipinski definition) is 1. The molecule has 4 rings (SSSR count). The molecule has 7 heteroatoms. The molecule has 1 N–H and O–H groups in total. The smallest absolute Gasteiger partial charge is 0.234 e. The Morgan fingerprint density at radius 1 is 1.03 bits per heavy atom. The second kappa shape index (κ2) is 10.9. The van der Waals surface area contributed by atoms with E-state index in [2.05, 4.69) is 11.4 Å². The van der Waals surface area contributed by atoms with E-state index < -0.39 is 0 Å². The largest absolute Gasteiger partial charge is 0.495 e. The molecule has 0 atom stereocenters. The second-order valence-corrected chi connectivity index (χ2v) is 8.66. The summed E-state index contributed by atoms with van der Waals surface area (Å²) in [4.78, 5) is 17.4. The van der Waals surface area contributed by atoms with Crippen LogP contribution in [0.2, 0.25) is 5.02 Å². The summed E-state index contributed by atoms with van der Waals surface area (Å²) >= 11 is 7.29. The summed E-state index contributed by atoms with van der Waals surface area (Å²) in [6, 6.07) is 28.4. The number of methoxy groups -OCH3 is 1. The zero-order valence-corrected chi connectivity index (χ0v) is 19.9. The van der Waals surface area contributed by atoms with Crippen molar-refractivity contribution in [1.29, 1.82) is 5.26 Å². The van der Waals surface area contributed by atoms with Crippen molar-refractivity contribution >= 4 is 35.0 Å².